The van der Waals surface area contributed by atoms with E-state index in [-0.39, 0.29) is 5.41 Å². The molecule has 0 spiro atoms. The molecular formula is C22H29N7. The first-order chi connectivity index (χ1) is 13.8. The van der Waals surface area contributed by atoms with Crippen LogP contribution in [0.3, 0.4) is 0 Å². The van der Waals surface area contributed by atoms with Gasteiger partial charge in [-0.2, -0.15) is 5.10 Å². The van der Waals surface area contributed by atoms with E-state index in [1.807, 2.05) is 19.0 Å². The van der Waals surface area contributed by atoms with Gasteiger partial charge in [-0.25, -0.2) is 9.97 Å². The molecule has 0 bridgehead atoms. The van der Waals surface area contributed by atoms with Gasteiger partial charge < -0.3 is 14.7 Å². The fourth-order valence-corrected chi connectivity index (χ4v) is 3.67. The Hall–Kier alpha value is -2.96. The van der Waals surface area contributed by atoms with Crippen LogP contribution >= 0.6 is 0 Å². The third kappa shape index (κ3) is 3.95. The Morgan fingerprint density at radius 2 is 1.59 bits per heavy atom. The highest BCUT2D eigenvalue weighted by Gasteiger charge is 2.21. The minimum Gasteiger partial charge on any atom is -0.368 e. The Morgan fingerprint density at radius 1 is 0.862 bits per heavy atom. The summed E-state index contributed by atoms with van der Waals surface area (Å²) < 4.78 is 0. The summed E-state index contributed by atoms with van der Waals surface area (Å²) in [6.07, 6.45) is 1.63. The molecule has 3 heterocycles. The second-order valence-corrected chi connectivity index (χ2v) is 8.79. The molecule has 0 aliphatic carbocycles. The molecule has 0 amide bonds. The van der Waals surface area contributed by atoms with E-state index in [2.05, 4.69) is 81.1 Å². The van der Waals surface area contributed by atoms with E-state index in [1.165, 1.54) is 5.69 Å². The monoisotopic (exact) mass is 391 g/mol. The van der Waals surface area contributed by atoms with E-state index in [4.69, 9.17) is 0 Å². The van der Waals surface area contributed by atoms with Crippen LogP contribution in [0.5, 0.6) is 0 Å². The van der Waals surface area contributed by atoms with Crippen molar-refractivity contribution in [3.8, 4) is 0 Å². The third-order valence-corrected chi connectivity index (χ3v) is 5.41. The fourth-order valence-electron chi connectivity index (χ4n) is 3.67. The van der Waals surface area contributed by atoms with Crippen molar-refractivity contribution in [2.75, 3.05) is 55.0 Å². The van der Waals surface area contributed by atoms with Gasteiger partial charge in [0.25, 0.3) is 0 Å². The molecule has 7 nitrogen and oxygen atoms in total. The van der Waals surface area contributed by atoms with E-state index >= 15 is 0 Å². The average Bonchev–Trinajstić information content (AvgIpc) is 2.72. The first-order valence-corrected chi connectivity index (χ1v) is 10.1. The SMILES string of the molecule is CN(C)c1ncnc2ccc(N3CCN(c4ccc(C(C)(C)C)nn4)CC3)cc12. The topological polar surface area (TPSA) is 61.3 Å². The van der Waals surface area contributed by atoms with Crippen LogP contribution in [-0.4, -0.2) is 60.4 Å². The Labute approximate surface area is 172 Å². The van der Waals surface area contributed by atoms with Crippen LogP contribution in [0.2, 0.25) is 0 Å². The first-order valence-electron chi connectivity index (χ1n) is 10.1. The molecule has 0 saturated carbocycles. The lowest BCUT2D eigenvalue weighted by Crippen LogP contribution is -2.47. The summed E-state index contributed by atoms with van der Waals surface area (Å²) >= 11 is 0. The van der Waals surface area contributed by atoms with E-state index in [0.717, 1.165) is 54.4 Å². The largest absolute Gasteiger partial charge is 0.368 e. The number of hydrogen-bond donors (Lipinski definition) is 0. The summed E-state index contributed by atoms with van der Waals surface area (Å²) in [5.74, 6) is 1.91. The van der Waals surface area contributed by atoms with Crippen LogP contribution in [0.4, 0.5) is 17.3 Å². The molecule has 1 fully saturated rings. The Kier molecular flexibility index (Phi) is 4.98. The van der Waals surface area contributed by atoms with E-state index in [9.17, 15) is 0 Å². The van der Waals surface area contributed by atoms with Gasteiger partial charge in [-0.1, -0.05) is 20.8 Å². The lowest BCUT2D eigenvalue weighted by molar-refractivity contribution is 0.556. The van der Waals surface area contributed by atoms with E-state index in [1.54, 1.807) is 6.33 Å². The zero-order chi connectivity index (χ0) is 20.6. The maximum atomic E-state index is 4.47. The van der Waals surface area contributed by atoms with Gasteiger partial charge in [-0.05, 0) is 30.3 Å². The molecule has 1 aliphatic heterocycles. The smallest absolute Gasteiger partial charge is 0.151 e. The van der Waals surface area contributed by atoms with Gasteiger partial charge >= 0.3 is 0 Å². The Bertz CT molecular complexity index is 984. The van der Waals surface area contributed by atoms with Crippen LogP contribution in [0, 0.1) is 0 Å². The number of hydrogen-bond acceptors (Lipinski definition) is 7. The van der Waals surface area contributed by atoms with Gasteiger partial charge in [-0.3, -0.25) is 0 Å². The van der Waals surface area contributed by atoms with Crippen LogP contribution < -0.4 is 14.7 Å². The quantitative estimate of drug-likeness (QED) is 0.680. The Balaban J connectivity index is 1.49. The molecule has 29 heavy (non-hydrogen) atoms. The van der Waals surface area contributed by atoms with Gasteiger partial charge in [-0.15, -0.1) is 5.10 Å². The number of nitrogens with zero attached hydrogens (tertiary/aromatic N) is 7. The van der Waals surface area contributed by atoms with Crippen molar-refractivity contribution in [2.24, 2.45) is 0 Å². The number of aromatic nitrogens is 4. The standard InChI is InChI=1S/C22H29N7/c1-22(2,3)19-8-9-20(26-25-19)29-12-10-28(11-13-29)16-6-7-18-17(14-16)21(27(4)5)24-15-23-18/h6-9,14-15H,10-13H2,1-5H3. The number of piperazine rings is 1. The second kappa shape index (κ2) is 7.46. The molecule has 0 unspecified atom stereocenters. The molecule has 1 saturated heterocycles. The summed E-state index contributed by atoms with van der Waals surface area (Å²) in [6, 6.07) is 10.6. The molecule has 1 aromatic carbocycles. The Morgan fingerprint density at radius 3 is 2.21 bits per heavy atom. The third-order valence-electron chi connectivity index (χ3n) is 5.41. The zero-order valence-electron chi connectivity index (χ0n) is 17.9. The van der Waals surface area contributed by atoms with E-state index in [0.29, 0.717) is 0 Å². The van der Waals surface area contributed by atoms with Crippen molar-refractivity contribution >= 4 is 28.2 Å². The second-order valence-electron chi connectivity index (χ2n) is 8.79. The van der Waals surface area contributed by atoms with Gasteiger partial charge in [0.2, 0.25) is 0 Å². The fraction of sp³-hybridized carbons (Fsp3) is 0.455. The van der Waals surface area contributed by atoms with Crippen LogP contribution in [0.15, 0.2) is 36.7 Å². The minimum atomic E-state index is 0.0232. The molecule has 3 aromatic rings. The van der Waals surface area contributed by atoms with Crippen LogP contribution in [0.1, 0.15) is 26.5 Å². The molecule has 1 aliphatic rings. The first kappa shape index (κ1) is 19.4. The normalized spacial score (nSPS) is 15.1. The maximum absolute atomic E-state index is 4.47. The summed E-state index contributed by atoms with van der Waals surface area (Å²) in [6.45, 7) is 10.2. The predicted molar refractivity (Wildman–Crippen MR) is 119 cm³/mol. The van der Waals surface area contributed by atoms with Crippen molar-refractivity contribution in [3.05, 3.63) is 42.4 Å². The van der Waals surface area contributed by atoms with Crippen molar-refractivity contribution in [1.82, 2.24) is 20.2 Å². The molecule has 4 rings (SSSR count). The molecule has 0 radical (unpaired) electrons. The maximum Gasteiger partial charge on any atom is 0.151 e. The number of fused-ring (bicyclic) bond motifs is 1. The lowest BCUT2D eigenvalue weighted by atomic mass is 9.92. The molecule has 0 atom stereocenters. The molecule has 152 valence electrons. The van der Waals surface area contributed by atoms with Crippen molar-refractivity contribution in [2.45, 2.75) is 26.2 Å². The van der Waals surface area contributed by atoms with Gasteiger partial charge in [0.15, 0.2) is 5.82 Å². The zero-order valence-corrected chi connectivity index (χ0v) is 17.9. The summed E-state index contributed by atoms with van der Waals surface area (Å²) in [5, 5.41) is 10.00. The average molecular weight is 392 g/mol. The van der Waals surface area contributed by atoms with Gasteiger partial charge in [0.05, 0.1) is 11.2 Å². The van der Waals surface area contributed by atoms with E-state index < -0.39 is 0 Å². The summed E-state index contributed by atoms with van der Waals surface area (Å²) in [5.41, 5.74) is 3.23. The summed E-state index contributed by atoms with van der Waals surface area (Å²) in [4.78, 5) is 15.6. The van der Waals surface area contributed by atoms with Gasteiger partial charge in [0.1, 0.15) is 12.1 Å². The highest BCUT2D eigenvalue weighted by Crippen LogP contribution is 2.28. The molecule has 0 N–H and O–H groups in total. The predicted octanol–water partition coefficient (Wildman–Crippen LogP) is 3.11. The summed E-state index contributed by atoms with van der Waals surface area (Å²) in [7, 11) is 4.03. The molecule has 2 aromatic heterocycles. The number of anilines is 3. The van der Waals surface area contributed by atoms with Crippen molar-refractivity contribution in [3.63, 3.8) is 0 Å². The van der Waals surface area contributed by atoms with Crippen LogP contribution in [-0.2, 0) is 5.41 Å². The van der Waals surface area contributed by atoms with Crippen LogP contribution in [0.25, 0.3) is 10.9 Å². The highest BCUT2D eigenvalue weighted by molar-refractivity contribution is 5.91. The highest BCUT2D eigenvalue weighted by atomic mass is 15.3. The van der Waals surface area contributed by atoms with Gasteiger partial charge in [0, 0.05) is 56.8 Å². The van der Waals surface area contributed by atoms with Crippen molar-refractivity contribution in [1.29, 1.82) is 0 Å². The number of rotatable bonds is 3. The molecule has 7 heteroatoms. The van der Waals surface area contributed by atoms with Crippen molar-refractivity contribution < 1.29 is 0 Å². The molecular weight excluding hydrogens is 362 g/mol. The lowest BCUT2D eigenvalue weighted by Gasteiger charge is -2.36. The number of benzene rings is 1. The minimum absolute atomic E-state index is 0.0232.